The van der Waals surface area contributed by atoms with Crippen LogP contribution in [0.5, 0.6) is 5.88 Å². The molecule has 0 amide bonds. The van der Waals surface area contributed by atoms with E-state index in [9.17, 15) is 0 Å². The third kappa shape index (κ3) is 4.58. The highest BCUT2D eigenvalue weighted by atomic mass is 35.5. The summed E-state index contributed by atoms with van der Waals surface area (Å²) < 4.78 is 12.3. The molecule has 192 valence electrons. The van der Waals surface area contributed by atoms with Crippen LogP contribution < -0.4 is 9.64 Å². The molecular formula is C31H27Cl2N3O2. The fourth-order valence-corrected chi connectivity index (χ4v) is 5.40. The number of ether oxygens (including phenoxy) is 2. The minimum atomic E-state index is -0.985. The van der Waals surface area contributed by atoms with Crippen molar-refractivity contribution >= 4 is 45.5 Å². The number of methoxy groups -OCH3 is 1. The second kappa shape index (κ2) is 11.0. The first-order valence-corrected chi connectivity index (χ1v) is 13.0. The lowest BCUT2D eigenvalue weighted by Crippen LogP contribution is -2.31. The first kappa shape index (κ1) is 26.0. The molecule has 0 aliphatic carbocycles. The standard InChI is InChI=1S/C31H27Cl2N3O2/c1-4-38-30-29(36(2)25-13-6-5-7-14-25)28(33)26-19-22(15-16-27(26)35-30)31(37-3,23-11-9-17-34-20-23)21-10-8-12-24(32)18-21/h5-20H,4H2,1-3H3. The molecule has 0 aliphatic heterocycles. The third-order valence-electron chi connectivity index (χ3n) is 6.64. The number of para-hydroxylation sites is 1. The Morgan fingerprint density at radius 1 is 0.868 bits per heavy atom. The van der Waals surface area contributed by atoms with E-state index < -0.39 is 5.60 Å². The minimum Gasteiger partial charge on any atom is -0.476 e. The molecule has 0 bridgehead atoms. The summed E-state index contributed by atoms with van der Waals surface area (Å²) in [5.41, 5.74) is 3.99. The van der Waals surface area contributed by atoms with E-state index >= 15 is 0 Å². The van der Waals surface area contributed by atoms with Gasteiger partial charge in [0, 0.05) is 48.2 Å². The molecule has 7 heteroatoms. The van der Waals surface area contributed by atoms with Crippen molar-refractivity contribution < 1.29 is 9.47 Å². The Morgan fingerprint density at radius 3 is 2.32 bits per heavy atom. The van der Waals surface area contributed by atoms with Gasteiger partial charge in [-0.2, -0.15) is 0 Å². The second-order valence-electron chi connectivity index (χ2n) is 8.78. The summed E-state index contributed by atoms with van der Waals surface area (Å²) in [5, 5.41) is 1.92. The molecule has 3 aromatic carbocycles. The summed E-state index contributed by atoms with van der Waals surface area (Å²) in [4.78, 5) is 11.2. The van der Waals surface area contributed by atoms with Gasteiger partial charge in [0.15, 0.2) is 0 Å². The van der Waals surface area contributed by atoms with Gasteiger partial charge in [-0.15, -0.1) is 0 Å². The lowest BCUT2D eigenvalue weighted by atomic mass is 9.80. The second-order valence-corrected chi connectivity index (χ2v) is 9.59. The Bertz CT molecular complexity index is 1560. The number of halogens is 2. The molecule has 0 N–H and O–H groups in total. The zero-order valence-corrected chi connectivity index (χ0v) is 22.9. The number of hydrogen-bond acceptors (Lipinski definition) is 5. The van der Waals surface area contributed by atoms with Crippen molar-refractivity contribution in [2.75, 3.05) is 25.7 Å². The molecule has 5 rings (SSSR count). The number of benzene rings is 3. The first-order chi connectivity index (χ1) is 18.5. The molecule has 0 aliphatic rings. The first-order valence-electron chi connectivity index (χ1n) is 12.3. The fourth-order valence-electron chi connectivity index (χ4n) is 4.85. The quantitative estimate of drug-likeness (QED) is 0.198. The van der Waals surface area contributed by atoms with Crippen LogP contribution in [0.15, 0.2) is 97.3 Å². The lowest BCUT2D eigenvalue weighted by molar-refractivity contribution is 0.0583. The highest BCUT2D eigenvalue weighted by Crippen LogP contribution is 2.45. The number of rotatable bonds is 8. The van der Waals surface area contributed by atoms with E-state index in [1.165, 1.54) is 0 Å². The van der Waals surface area contributed by atoms with Gasteiger partial charge in [-0.05, 0) is 60.5 Å². The van der Waals surface area contributed by atoms with Crippen molar-refractivity contribution in [1.29, 1.82) is 0 Å². The number of anilines is 2. The largest absolute Gasteiger partial charge is 0.476 e. The molecule has 38 heavy (non-hydrogen) atoms. The van der Waals surface area contributed by atoms with Gasteiger partial charge >= 0.3 is 0 Å². The summed E-state index contributed by atoms with van der Waals surface area (Å²) >= 11 is 13.6. The topological polar surface area (TPSA) is 47.5 Å². The third-order valence-corrected chi connectivity index (χ3v) is 7.26. The van der Waals surface area contributed by atoms with Crippen molar-refractivity contribution in [3.05, 3.63) is 124 Å². The Hall–Kier alpha value is -3.64. The van der Waals surface area contributed by atoms with Crippen LogP contribution in [0.4, 0.5) is 11.4 Å². The summed E-state index contributed by atoms with van der Waals surface area (Å²) in [5.74, 6) is 0.476. The van der Waals surface area contributed by atoms with Gasteiger partial charge in [0.1, 0.15) is 11.3 Å². The Kier molecular flexibility index (Phi) is 7.52. The molecule has 5 aromatic rings. The maximum atomic E-state index is 7.17. The number of fused-ring (bicyclic) bond motifs is 1. The van der Waals surface area contributed by atoms with E-state index in [4.69, 9.17) is 37.7 Å². The van der Waals surface area contributed by atoms with E-state index in [1.807, 2.05) is 104 Å². The monoisotopic (exact) mass is 543 g/mol. The van der Waals surface area contributed by atoms with Crippen molar-refractivity contribution in [2.45, 2.75) is 12.5 Å². The van der Waals surface area contributed by atoms with Crippen molar-refractivity contribution in [3.8, 4) is 5.88 Å². The van der Waals surface area contributed by atoms with E-state index in [2.05, 4.69) is 4.98 Å². The average Bonchev–Trinajstić information content (AvgIpc) is 2.95. The molecule has 0 saturated heterocycles. The number of hydrogen-bond donors (Lipinski definition) is 0. The smallest absolute Gasteiger partial charge is 0.240 e. The van der Waals surface area contributed by atoms with Crippen LogP contribution in [-0.4, -0.2) is 30.7 Å². The van der Waals surface area contributed by atoms with Crippen LogP contribution in [0.2, 0.25) is 10.0 Å². The maximum Gasteiger partial charge on any atom is 0.240 e. The summed E-state index contributed by atoms with van der Waals surface area (Å²) in [6.07, 6.45) is 3.55. The van der Waals surface area contributed by atoms with E-state index in [0.29, 0.717) is 28.2 Å². The predicted molar refractivity (Wildman–Crippen MR) is 155 cm³/mol. The van der Waals surface area contributed by atoms with Gasteiger partial charge in [-0.25, -0.2) is 4.98 Å². The minimum absolute atomic E-state index is 0.463. The molecule has 1 atom stereocenters. The SMILES string of the molecule is CCOc1nc2ccc(C(OC)(c3cccnc3)c3cccc(Cl)c3)cc2c(Cl)c1N(C)c1ccccc1. The van der Waals surface area contributed by atoms with Crippen LogP contribution in [0.3, 0.4) is 0 Å². The Balaban J connectivity index is 1.78. The molecule has 1 unspecified atom stereocenters. The van der Waals surface area contributed by atoms with Crippen molar-refractivity contribution in [3.63, 3.8) is 0 Å². The zero-order chi connectivity index (χ0) is 26.7. The Labute approximate surface area is 232 Å². The van der Waals surface area contributed by atoms with Gasteiger partial charge in [0.25, 0.3) is 0 Å². The normalized spacial score (nSPS) is 12.8. The highest BCUT2D eigenvalue weighted by molar-refractivity contribution is 6.38. The van der Waals surface area contributed by atoms with E-state index in [1.54, 1.807) is 19.5 Å². The fraction of sp³-hybridized carbons (Fsp3) is 0.161. The van der Waals surface area contributed by atoms with Crippen LogP contribution in [0.1, 0.15) is 23.6 Å². The highest BCUT2D eigenvalue weighted by Gasteiger charge is 2.37. The van der Waals surface area contributed by atoms with E-state index in [0.717, 1.165) is 33.3 Å². The summed E-state index contributed by atoms with van der Waals surface area (Å²) in [7, 11) is 3.64. The van der Waals surface area contributed by atoms with E-state index in [-0.39, 0.29) is 0 Å². The van der Waals surface area contributed by atoms with Crippen LogP contribution >= 0.6 is 23.2 Å². The molecule has 0 saturated carbocycles. The molecule has 2 heterocycles. The zero-order valence-electron chi connectivity index (χ0n) is 21.4. The van der Waals surface area contributed by atoms with Gasteiger partial charge in [-0.1, -0.05) is 65.7 Å². The lowest BCUT2D eigenvalue weighted by Gasteiger charge is -2.34. The van der Waals surface area contributed by atoms with Crippen LogP contribution in [-0.2, 0) is 10.3 Å². The molecule has 0 spiro atoms. The average molecular weight is 544 g/mol. The van der Waals surface area contributed by atoms with Crippen molar-refractivity contribution in [2.24, 2.45) is 0 Å². The van der Waals surface area contributed by atoms with Crippen molar-refractivity contribution in [1.82, 2.24) is 9.97 Å². The van der Waals surface area contributed by atoms with Gasteiger partial charge in [-0.3, -0.25) is 4.98 Å². The summed E-state index contributed by atoms with van der Waals surface area (Å²) in [6.45, 7) is 2.39. The number of aromatic nitrogens is 2. The Morgan fingerprint density at radius 2 is 1.63 bits per heavy atom. The molecule has 0 radical (unpaired) electrons. The van der Waals surface area contributed by atoms with Gasteiger partial charge in [0.2, 0.25) is 5.88 Å². The summed E-state index contributed by atoms with van der Waals surface area (Å²) in [6, 6.07) is 27.5. The maximum absolute atomic E-state index is 7.17. The molecule has 5 nitrogen and oxygen atoms in total. The molecule has 2 aromatic heterocycles. The van der Waals surface area contributed by atoms with Crippen LogP contribution in [0, 0.1) is 0 Å². The predicted octanol–water partition coefficient (Wildman–Crippen LogP) is 8.04. The van der Waals surface area contributed by atoms with Gasteiger partial charge in [0.05, 0.1) is 17.1 Å². The van der Waals surface area contributed by atoms with Gasteiger partial charge < -0.3 is 14.4 Å². The number of pyridine rings is 2. The molecule has 0 fully saturated rings. The number of nitrogens with zero attached hydrogens (tertiary/aromatic N) is 3. The molecular weight excluding hydrogens is 517 g/mol. The van der Waals surface area contributed by atoms with Crippen LogP contribution in [0.25, 0.3) is 10.9 Å².